The molecule has 0 amide bonds. The SMILES string of the molecule is COC(=O)C[C@H]1c2cc(O)c(O)cc2Oc2cc(O)c3c(c21)O[C@H](c1ccc(O)c(O)c1)C(O)C3. The molecule has 10 heteroatoms. The number of phenolic OH excluding ortho intramolecular Hbond substituents is 5. The Balaban J connectivity index is 1.68. The highest BCUT2D eigenvalue weighted by Crippen LogP contribution is 2.56. The van der Waals surface area contributed by atoms with Gasteiger partial charge in [-0.15, -0.1) is 0 Å². The highest BCUT2D eigenvalue weighted by molar-refractivity contribution is 5.75. The Labute approximate surface area is 198 Å². The largest absolute Gasteiger partial charge is 0.507 e. The Bertz CT molecular complexity index is 1350. The van der Waals surface area contributed by atoms with Gasteiger partial charge in [-0.1, -0.05) is 6.07 Å². The number of rotatable bonds is 3. The molecule has 10 nitrogen and oxygen atoms in total. The number of phenols is 5. The van der Waals surface area contributed by atoms with E-state index in [4.69, 9.17) is 14.2 Å². The van der Waals surface area contributed by atoms with Gasteiger partial charge in [0.15, 0.2) is 23.0 Å². The number of aliphatic hydroxyl groups is 1. The van der Waals surface area contributed by atoms with Crippen LogP contribution < -0.4 is 9.47 Å². The number of hydrogen-bond acceptors (Lipinski definition) is 10. The van der Waals surface area contributed by atoms with Crippen LogP contribution in [0.1, 0.15) is 40.7 Å². The van der Waals surface area contributed by atoms with E-state index in [9.17, 15) is 35.4 Å². The number of carbonyl (C=O) groups excluding carboxylic acids is 1. The van der Waals surface area contributed by atoms with Gasteiger partial charge in [0.1, 0.15) is 29.1 Å². The first kappa shape index (κ1) is 22.5. The number of ether oxygens (including phenoxy) is 3. The normalized spacial score (nSPS) is 20.0. The first-order valence-electron chi connectivity index (χ1n) is 10.7. The second kappa shape index (κ2) is 8.17. The molecule has 2 heterocycles. The van der Waals surface area contributed by atoms with Gasteiger partial charge in [0.25, 0.3) is 0 Å². The zero-order valence-electron chi connectivity index (χ0n) is 18.4. The summed E-state index contributed by atoms with van der Waals surface area (Å²) in [6.45, 7) is 0. The molecular weight excluding hydrogens is 460 g/mol. The molecule has 182 valence electrons. The molecule has 2 aliphatic rings. The first-order valence-corrected chi connectivity index (χ1v) is 10.7. The lowest BCUT2D eigenvalue weighted by molar-refractivity contribution is -0.140. The van der Waals surface area contributed by atoms with Crippen molar-refractivity contribution in [2.24, 2.45) is 0 Å². The molecular formula is C25H22O10. The van der Waals surface area contributed by atoms with E-state index in [1.54, 1.807) is 0 Å². The van der Waals surface area contributed by atoms with E-state index in [1.165, 1.54) is 43.5 Å². The Kier molecular flexibility index (Phi) is 5.25. The standard InChI is InChI=1S/C25H22O10/c1-33-22(32)7-12-11-5-17(29)18(30)9-20(11)34-21-8-15(27)13-6-19(31)24(35-25(13)23(12)21)10-2-3-14(26)16(28)4-10/h2-5,8-9,12,19,24,26-31H,6-7H2,1H3/t12-,19?,24+/m0/s1. The Morgan fingerprint density at radius 3 is 2.34 bits per heavy atom. The van der Waals surface area contributed by atoms with Crippen LogP contribution in [0.3, 0.4) is 0 Å². The van der Waals surface area contributed by atoms with Gasteiger partial charge in [-0.3, -0.25) is 4.79 Å². The fourth-order valence-corrected chi connectivity index (χ4v) is 4.63. The number of aliphatic hydroxyl groups excluding tert-OH is 1. The lowest BCUT2D eigenvalue weighted by atomic mass is 9.81. The summed E-state index contributed by atoms with van der Waals surface area (Å²) in [5.74, 6) is -2.54. The summed E-state index contributed by atoms with van der Waals surface area (Å²) in [6, 6.07) is 7.86. The molecule has 3 aromatic carbocycles. The number of methoxy groups -OCH3 is 1. The molecule has 0 bridgehead atoms. The number of carbonyl (C=O) groups is 1. The fourth-order valence-electron chi connectivity index (χ4n) is 4.63. The number of benzene rings is 3. The molecule has 2 aliphatic heterocycles. The van der Waals surface area contributed by atoms with Crippen LogP contribution in [0.15, 0.2) is 36.4 Å². The molecule has 5 rings (SSSR count). The third-order valence-electron chi connectivity index (χ3n) is 6.35. The van der Waals surface area contributed by atoms with Gasteiger partial charge >= 0.3 is 5.97 Å². The van der Waals surface area contributed by atoms with Crippen molar-refractivity contribution in [1.29, 1.82) is 0 Å². The number of fused-ring (bicyclic) bond motifs is 4. The predicted octanol–water partition coefficient (Wildman–Crippen LogP) is 3.05. The summed E-state index contributed by atoms with van der Waals surface area (Å²) in [6.07, 6.45) is -2.27. The maximum atomic E-state index is 12.3. The lowest BCUT2D eigenvalue weighted by Gasteiger charge is -2.36. The van der Waals surface area contributed by atoms with Crippen LogP contribution in [0.4, 0.5) is 0 Å². The van der Waals surface area contributed by atoms with E-state index in [0.29, 0.717) is 22.3 Å². The zero-order chi connectivity index (χ0) is 25.0. The molecule has 0 saturated heterocycles. The van der Waals surface area contributed by atoms with E-state index >= 15 is 0 Å². The highest BCUT2D eigenvalue weighted by Gasteiger charge is 2.40. The molecule has 0 spiro atoms. The Morgan fingerprint density at radius 2 is 1.63 bits per heavy atom. The number of hydrogen-bond donors (Lipinski definition) is 6. The van der Waals surface area contributed by atoms with Crippen LogP contribution in [0.5, 0.6) is 46.0 Å². The molecule has 0 radical (unpaired) electrons. The van der Waals surface area contributed by atoms with Gasteiger partial charge < -0.3 is 44.8 Å². The second-order valence-corrected chi connectivity index (χ2v) is 8.49. The summed E-state index contributed by atoms with van der Waals surface area (Å²) in [7, 11) is 1.24. The van der Waals surface area contributed by atoms with Crippen molar-refractivity contribution in [1.82, 2.24) is 0 Å². The van der Waals surface area contributed by atoms with Crippen molar-refractivity contribution in [2.75, 3.05) is 7.11 Å². The minimum Gasteiger partial charge on any atom is -0.507 e. The van der Waals surface area contributed by atoms with Gasteiger partial charge in [0, 0.05) is 41.2 Å². The van der Waals surface area contributed by atoms with E-state index in [2.05, 4.69) is 0 Å². The van der Waals surface area contributed by atoms with E-state index in [1.807, 2.05) is 0 Å². The summed E-state index contributed by atoms with van der Waals surface area (Å²) in [5, 5.41) is 61.1. The van der Waals surface area contributed by atoms with Crippen molar-refractivity contribution in [3.8, 4) is 46.0 Å². The average molecular weight is 482 g/mol. The van der Waals surface area contributed by atoms with E-state index < -0.39 is 41.3 Å². The van der Waals surface area contributed by atoms with Gasteiger partial charge in [-0.2, -0.15) is 0 Å². The second-order valence-electron chi connectivity index (χ2n) is 8.49. The minimum atomic E-state index is -1.10. The fraction of sp³-hybridized carbons (Fsp3) is 0.240. The minimum absolute atomic E-state index is 0.0145. The number of esters is 1. The third-order valence-corrected chi connectivity index (χ3v) is 6.35. The van der Waals surface area contributed by atoms with Gasteiger partial charge in [0.2, 0.25) is 0 Å². The van der Waals surface area contributed by atoms with Gasteiger partial charge in [0.05, 0.1) is 19.6 Å². The summed E-state index contributed by atoms with van der Waals surface area (Å²) in [5.41, 5.74) is 1.44. The summed E-state index contributed by atoms with van der Waals surface area (Å²) >= 11 is 0. The van der Waals surface area contributed by atoms with E-state index in [-0.39, 0.29) is 41.6 Å². The van der Waals surface area contributed by atoms with Crippen molar-refractivity contribution in [3.05, 3.63) is 58.7 Å². The van der Waals surface area contributed by atoms with Crippen LogP contribution in [-0.4, -0.2) is 49.8 Å². The maximum Gasteiger partial charge on any atom is 0.306 e. The van der Waals surface area contributed by atoms with Crippen LogP contribution in [-0.2, 0) is 16.0 Å². The molecule has 0 fully saturated rings. The molecule has 3 atom stereocenters. The Hall–Kier alpha value is -4.31. The van der Waals surface area contributed by atoms with Crippen LogP contribution in [0, 0.1) is 0 Å². The molecule has 35 heavy (non-hydrogen) atoms. The topological polar surface area (TPSA) is 166 Å². The number of aromatic hydroxyl groups is 5. The van der Waals surface area contributed by atoms with Crippen molar-refractivity contribution < 1.29 is 49.6 Å². The van der Waals surface area contributed by atoms with Crippen molar-refractivity contribution in [2.45, 2.75) is 31.0 Å². The van der Waals surface area contributed by atoms with Crippen LogP contribution >= 0.6 is 0 Å². The smallest absolute Gasteiger partial charge is 0.306 e. The molecule has 1 unspecified atom stereocenters. The van der Waals surface area contributed by atoms with Crippen molar-refractivity contribution in [3.63, 3.8) is 0 Å². The maximum absolute atomic E-state index is 12.3. The quantitative estimate of drug-likeness (QED) is 0.241. The Morgan fingerprint density at radius 1 is 0.943 bits per heavy atom. The first-order chi connectivity index (χ1) is 16.7. The van der Waals surface area contributed by atoms with Gasteiger partial charge in [-0.05, 0) is 23.8 Å². The van der Waals surface area contributed by atoms with Crippen LogP contribution in [0.2, 0.25) is 0 Å². The molecule has 6 N–H and O–H groups in total. The van der Waals surface area contributed by atoms with Gasteiger partial charge in [-0.25, -0.2) is 0 Å². The summed E-state index contributed by atoms with van der Waals surface area (Å²) in [4.78, 5) is 12.3. The molecule has 0 aliphatic carbocycles. The van der Waals surface area contributed by atoms with Crippen molar-refractivity contribution >= 4 is 5.97 Å². The molecule has 0 aromatic heterocycles. The summed E-state index contributed by atoms with van der Waals surface area (Å²) < 4.78 is 16.9. The highest BCUT2D eigenvalue weighted by atomic mass is 16.5. The third kappa shape index (κ3) is 3.68. The van der Waals surface area contributed by atoms with E-state index in [0.717, 1.165) is 0 Å². The molecule has 3 aromatic rings. The zero-order valence-corrected chi connectivity index (χ0v) is 18.4. The predicted molar refractivity (Wildman–Crippen MR) is 119 cm³/mol. The monoisotopic (exact) mass is 482 g/mol. The lowest BCUT2D eigenvalue weighted by Crippen LogP contribution is -2.31. The molecule has 0 saturated carbocycles. The average Bonchev–Trinajstić information content (AvgIpc) is 2.82. The van der Waals surface area contributed by atoms with Crippen LogP contribution in [0.25, 0.3) is 0 Å².